The van der Waals surface area contributed by atoms with Gasteiger partial charge >= 0.3 is 0 Å². The van der Waals surface area contributed by atoms with Crippen LogP contribution in [0.15, 0.2) is 18.3 Å². The van der Waals surface area contributed by atoms with E-state index in [9.17, 15) is 5.11 Å². The molecule has 0 saturated heterocycles. The quantitative estimate of drug-likeness (QED) is 0.807. The van der Waals surface area contributed by atoms with Gasteiger partial charge in [0.25, 0.3) is 0 Å². The second-order valence-corrected chi connectivity index (χ2v) is 3.70. The highest BCUT2D eigenvalue weighted by atomic mass is 16.3. The molecule has 1 atom stereocenters. The molecule has 0 aromatic carbocycles. The molecule has 0 spiro atoms. The van der Waals surface area contributed by atoms with Crippen LogP contribution >= 0.6 is 0 Å². The standard InChI is InChI=1S/C12H20N2O/c1-4-8-14(5-2)11-6-7-12(10(3)15)13-9-11/h6-7,9-10,15H,4-5,8H2,1-3H3/t10-/m0/s1. The van der Waals surface area contributed by atoms with Crippen LogP contribution in [0, 0.1) is 0 Å². The highest BCUT2D eigenvalue weighted by Gasteiger charge is 2.05. The third-order valence-corrected chi connectivity index (χ3v) is 2.44. The summed E-state index contributed by atoms with van der Waals surface area (Å²) in [5.41, 5.74) is 1.86. The predicted octanol–water partition coefficient (Wildman–Crippen LogP) is 2.37. The van der Waals surface area contributed by atoms with Crippen molar-refractivity contribution in [2.45, 2.75) is 33.3 Å². The summed E-state index contributed by atoms with van der Waals surface area (Å²) < 4.78 is 0. The Morgan fingerprint density at radius 2 is 2.13 bits per heavy atom. The molecule has 1 aromatic heterocycles. The Hall–Kier alpha value is -1.09. The molecule has 1 rings (SSSR count). The molecule has 15 heavy (non-hydrogen) atoms. The van der Waals surface area contributed by atoms with E-state index in [4.69, 9.17) is 0 Å². The molecule has 1 N–H and O–H groups in total. The molecule has 0 fully saturated rings. The Morgan fingerprint density at radius 3 is 2.53 bits per heavy atom. The average molecular weight is 208 g/mol. The summed E-state index contributed by atoms with van der Waals surface area (Å²) in [6.45, 7) is 8.07. The van der Waals surface area contributed by atoms with Crippen molar-refractivity contribution in [3.05, 3.63) is 24.0 Å². The minimum absolute atomic E-state index is 0.486. The van der Waals surface area contributed by atoms with E-state index >= 15 is 0 Å². The van der Waals surface area contributed by atoms with Crippen LogP contribution in [-0.2, 0) is 0 Å². The number of nitrogens with zero attached hydrogens (tertiary/aromatic N) is 2. The number of hydrogen-bond acceptors (Lipinski definition) is 3. The minimum atomic E-state index is -0.486. The fourth-order valence-corrected chi connectivity index (χ4v) is 1.57. The van der Waals surface area contributed by atoms with Crippen molar-refractivity contribution < 1.29 is 5.11 Å². The maximum Gasteiger partial charge on any atom is 0.0931 e. The zero-order valence-corrected chi connectivity index (χ0v) is 9.77. The smallest absolute Gasteiger partial charge is 0.0931 e. The number of hydrogen-bond donors (Lipinski definition) is 1. The number of aromatic nitrogens is 1. The van der Waals surface area contributed by atoms with Gasteiger partial charge in [-0.05, 0) is 32.4 Å². The highest BCUT2D eigenvalue weighted by Crippen LogP contribution is 2.16. The molecule has 0 aliphatic rings. The Labute approximate surface area is 91.8 Å². The first kappa shape index (κ1) is 12.0. The van der Waals surface area contributed by atoms with E-state index in [0.717, 1.165) is 30.9 Å². The lowest BCUT2D eigenvalue weighted by atomic mass is 10.2. The van der Waals surface area contributed by atoms with Gasteiger partial charge in [-0.15, -0.1) is 0 Å². The second kappa shape index (κ2) is 5.71. The lowest BCUT2D eigenvalue weighted by Crippen LogP contribution is -2.23. The molecule has 0 amide bonds. The summed E-state index contributed by atoms with van der Waals surface area (Å²) in [6.07, 6.45) is 2.48. The number of pyridine rings is 1. The first-order valence-corrected chi connectivity index (χ1v) is 5.58. The predicted molar refractivity (Wildman–Crippen MR) is 63.0 cm³/mol. The first-order valence-electron chi connectivity index (χ1n) is 5.58. The molecule has 0 aliphatic heterocycles. The van der Waals surface area contributed by atoms with Gasteiger partial charge in [0.1, 0.15) is 0 Å². The van der Waals surface area contributed by atoms with Crippen molar-refractivity contribution in [2.75, 3.05) is 18.0 Å². The van der Waals surface area contributed by atoms with Crippen molar-refractivity contribution in [2.24, 2.45) is 0 Å². The number of aliphatic hydroxyl groups excluding tert-OH is 1. The molecule has 3 heteroatoms. The molecule has 0 unspecified atom stereocenters. The molecule has 0 saturated carbocycles. The van der Waals surface area contributed by atoms with E-state index in [0.29, 0.717) is 0 Å². The summed E-state index contributed by atoms with van der Waals surface area (Å²) in [7, 11) is 0. The van der Waals surface area contributed by atoms with Gasteiger partial charge in [-0.1, -0.05) is 6.92 Å². The third-order valence-electron chi connectivity index (χ3n) is 2.44. The Balaban J connectivity index is 2.77. The Bertz CT molecular complexity index is 282. The maximum atomic E-state index is 9.34. The maximum absolute atomic E-state index is 9.34. The zero-order chi connectivity index (χ0) is 11.3. The second-order valence-electron chi connectivity index (χ2n) is 3.70. The fraction of sp³-hybridized carbons (Fsp3) is 0.583. The molecule has 3 nitrogen and oxygen atoms in total. The van der Waals surface area contributed by atoms with Crippen LogP contribution in [-0.4, -0.2) is 23.2 Å². The monoisotopic (exact) mass is 208 g/mol. The van der Waals surface area contributed by atoms with Crippen molar-refractivity contribution in [1.29, 1.82) is 0 Å². The average Bonchev–Trinajstić information content (AvgIpc) is 2.26. The van der Waals surface area contributed by atoms with Crippen LogP contribution in [0.3, 0.4) is 0 Å². The number of rotatable bonds is 5. The van der Waals surface area contributed by atoms with E-state index in [2.05, 4.69) is 23.7 Å². The lowest BCUT2D eigenvalue weighted by molar-refractivity contribution is 0.194. The Kier molecular flexibility index (Phi) is 4.56. The van der Waals surface area contributed by atoms with Gasteiger partial charge in [0, 0.05) is 13.1 Å². The van der Waals surface area contributed by atoms with E-state index < -0.39 is 6.10 Å². The van der Waals surface area contributed by atoms with E-state index in [1.807, 2.05) is 18.3 Å². The van der Waals surface area contributed by atoms with Crippen LogP contribution < -0.4 is 4.90 Å². The van der Waals surface area contributed by atoms with Crippen LogP contribution in [0.1, 0.15) is 39.0 Å². The highest BCUT2D eigenvalue weighted by molar-refractivity contribution is 5.44. The number of anilines is 1. The zero-order valence-electron chi connectivity index (χ0n) is 9.77. The van der Waals surface area contributed by atoms with Crippen LogP contribution in [0.25, 0.3) is 0 Å². The molecular formula is C12H20N2O. The van der Waals surface area contributed by atoms with Crippen molar-refractivity contribution in [3.8, 4) is 0 Å². The first-order chi connectivity index (χ1) is 7.19. The number of aliphatic hydroxyl groups is 1. The molecule has 0 radical (unpaired) electrons. The van der Waals surface area contributed by atoms with Crippen molar-refractivity contribution in [1.82, 2.24) is 4.98 Å². The largest absolute Gasteiger partial charge is 0.387 e. The summed E-state index contributed by atoms with van der Waals surface area (Å²) in [6, 6.07) is 3.91. The van der Waals surface area contributed by atoms with Gasteiger partial charge < -0.3 is 10.0 Å². The van der Waals surface area contributed by atoms with Gasteiger partial charge in [-0.3, -0.25) is 4.98 Å². The summed E-state index contributed by atoms with van der Waals surface area (Å²) in [4.78, 5) is 6.51. The van der Waals surface area contributed by atoms with Gasteiger partial charge in [0.15, 0.2) is 0 Å². The minimum Gasteiger partial charge on any atom is -0.387 e. The van der Waals surface area contributed by atoms with Gasteiger partial charge in [0.2, 0.25) is 0 Å². The molecule has 1 aromatic rings. The summed E-state index contributed by atoms with van der Waals surface area (Å²) >= 11 is 0. The van der Waals surface area contributed by atoms with Crippen LogP contribution in [0.2, 0.25) is 0 Å². The van der Waals surface area contributed by atoms with Crippen LogP contribution in [0.5, 0.6) is 0 Å². The van der Waals surface area contributed by atoms with Gasteiger partial charge in [0.05, 0.1) is 23.7 Å². The van der Waals surface area contributed by atoms with Gasteiger partial charge in [-0.2, -0.15) is 0 Å². The van der Waals surface area contributed by atoms with E-state index in [1.54, 1.807) is 6.92 Å². The van der Waals surface area contributed by atoms with E-state index in [1.165, 1.54) is 0 Å². The summed E-state index contributed by atoms with van der Waals surface area (Å²) in [5.74, 6) is 0. The molecule has 0 aliphatic carbocycles. The molecule has 0 bridgehead atoms. The SMILES string of the molecule is CCCN(CC)c1ccc([C@H](C)O)nc1. The summed E-state index contributed by atoms with van der Waals surface area (Å²) in [5, 5.41) is 9.34. The lowest BCUT2D eigenvalue weighted by Gasteiger charge is -2.22. The van der Waals surface area contributed by atoms with Gasteiger partial charge in [-0.25, -0.2) is 0 Å². The Morgan fingerprint density at radius 1 is 1.40 bits per heavy atom. The van der Waals surface area contributed by atoms with Crippen LogP contribution in [0.4, 0.5) is 5.69 Å². The van der Waals surface area contributed by atoms with E-state index in [-0.39, 0.29) is 0 Å². The van der Waals surface area contributed by atoms with Crippen molar-refractivity contribution in [3.63, 3.8) is 0 Å². The molecular weight excluding hydrogens is 188 g/mol. The normalized spacial score (nSPS) is 12.5. The van der Waals surface area contributed by atoms with Crippen molar-refractivity contribution >= 4 is 5.69 Å². The molecule has 84 valence electrons. The topological polar surface area (TPSA) is 36.4 Å². The fourth-order valence-electron chi connectivity index (χ4n) is 1.57. The molecule has 1 heterocycles. The third kappa shape index (κ3) is 3.20.